The number of halogens is 1. The number of amides is 2. The minimum Gasteiger partial charge on any atom is -0.342 e. The Labute approximate surface area is 163 Å². The second-order valence-electron chi connectivity index (χ2n) is 7.15. The lowest BCUT2D eigenvalue weighted by atomic mass is 10.2. The van der Waals surface area contributed by atoms with Crippen molar-refractivity contribution in [3.05, 3.63) is 28.2 Å². The van der Waals surface area contributed by atoms with Gasteiger partial charge in [-0.1, -0.05) is 15.9 Å². The lowest BCUT2D eigenvalue weighted by Crippen LogP contribution is -2.51. The van der Waals surface area contributed by atoms with E-state index < -0.39 is 0 Å². The van der Waals surface area contributed by atoms with Crippen LogP contribution in [0.3, 0.4) is 0 Å². The molecule has 0 spiro atoms. The molecule has 2 fully saturated rings. The van der Waals surface area contributed by atoms with Crippen molar-refractivity contribution in [3.63, 3.8) is 0 Å². The van der Waals surface area contributed by atoms with Gasteiger partial charge in [0.25, 0.3) is 0 Å². The van der Waals surface area contributed by atoms with Crippen molar-refractivity contribution in [2.24, 2.45) is 0 Å². The molecule has 0 atom stereocenters. The molecule has 2 aliphatic heterocycles. The predicted octanol–water partition coefficient (Wildman–Crippen LogP) is 1.94. The Kier molecular flexibility index (Phi) is 6.67. The van der Waals surface area contributed by atoms with Gasteiger partial charge in [0, 0.05) is 49.4 Å². The van der Waals surface area contributed by atoms with Crippen LogP contribution in [0.2, 0.25) is 0 Å². The fraction of sp³-hybridized carbons (Fsp3) is 0.579. The van der Waals surface area contributed by atoms with Gasteiger partial charge in [-0.2, -0.15) is 0 Å². The molecule has 0 saturated carbocycles. The number of carbonyl (C=O) groups excluding carboxylic acids is 2. The maximum absolute atomic E-state index is 12.3. The maximum atomic E-state index is 12.3. The molecule has 2 saturated heterocycles. The molecule has 0 aromatic heterocycles. The average molecular weight is 423 g/mol. The summed E-state index contributed by atoms with van der Waals surface area (Å²) < 4.78 is 1.04. The van der Waals surface area contributed by atoms with Crippen LogP contribution in [0.15, 0.2) is 22.7 Å². The molecule has 26 heavy (non-hydrogen) atoms. The van der Waals surface area contributed by atoms with E-state index in [1.807, 2.05) is 30.0 Å². The minimum atomic E-state index is 0.00770. The van der Waals surface area contributed by atoms with Crippen LogP contribution >= 0.6 is 15.9 Å². The van der Waals surface area contributed by atoms with Gasteiger partial charge in [-0.15, -0.1) is 0 Å². The van der Waals surface area contributed by atoms with Crippen molar-refractivity contribution in [2.45, 2.75) is 19.8 Å². The lowest BCUT2D eigenvalue weighted by molar-refractivity contribution is -0.132. The van der Waals surface area contributed by atoms with Crippen LogP contribution in [0.1, 0.15) is 18.4 Å². The van der Waals surface area contributed by atoms with Crippen LogP contribution in [-0.2, 0) is 9.59 Å². The second kappa shape index (κ2) is 8.97. The number of nitrogens with one attached hydrogen (secondary N) is 1. The Balaban J connectivity index is 1.39. The SMILES string of the molecule is Cc1cc(NC(=O)CN2CCN(CC(=O)N3CCCC3)CC2)ccc1Br. The van der Waals surface area contributed by atoms with E-state index >= 15 is 0 Å². The summed E-state index contributed by atoms with van der Waals surface area (Å²) in [7, 11) is 0. The number of benzene rings is 1. The summed E-state index contributed by atoms with van der Waals surface area (Å²) in [5, 5.41) is 2.96. The summed E-state index contributed by atoms with van der Waals surface area (Å²) >= 11 is 3.47. The van der Waals surface area contributed by atoms with Crippen LogP contribution in [0, 0.1) is 6.92 Å². The molecule has 7 heteroatoms. The molecule has 142 valence electrons. The van der Waals surface area contributed by atoms with Gasteiger partial charge in [0.05, 0.1) is 13.1 Å². The highest BCUT2D eigenvalue weighted by Crippen LogP contribution is 2.20. The smallest absolute Gasteiger partial charge is 0.238 e. The van der Waals surface area contributed by atoms with Crippen LogP contribution < -0.4 is 5.32 Å². The maximum Gasteiger partial charge on any atom is 0.238 e. The van der Waals surface area contributed by atoms with Crippen molar-refractivity contribution in [1.29, 1.82) is 0 Å². The Morgan fingerprint density at radius 1 is 1.00 bits per heavy atom. The zero-order valence-electron chi connectivity index (χ0n) is 15.3. The van der Waals surface area contributed by atoms with E-state index in [-0.39, 0.29) is 11.8 Å². The summed E-state index contributed by atoms with van der Waals surface area (Å²) in [6.07, 6.45) is 2.26. The molecule has 3 rings (SSSR count). The quantitative estimate of drug-likeness (QED) is 0.787. The summed E-state index contributed by atoms with van der Waals surface area (Å²) in [6.45, 7) is 8.04. The van der Waals surface area contributed by atoms with Crippen molar-refractivity contribution in [3.8, 4) is 0 Å². The van der Waals surface area contributed by atoms with Crippen molar-refractivity contribution >= 4 is 33.4 Å². The molecule has 0 aliphatic carbocycles. The first-order valence-electron chi connectivity index (χ1n) is 9.30. The van der Waals surface area contributed by atoms with Crippen molar-refractivity contribution < 1.29 is 9.59 Å². The van der Waals surface area contributed by atoms with E-state index in [9.17, 15) is 9.59 Å². The van der Waals surface area contributed by atoms with E-state index in [2.05, 4.69) is 31.0 Å². The van der Waals surface area contributed by atoms with Gasteiger partial charge in [0.2, 0.25) is 11.8 Å². The number of nitrogens with zero attached hydrogens (tertiary/aromatic N) is 3. The number of hydrogen-bond donors (Lipinski definition) is 1. The Morgan fingerprint density at radius 3 is 2.23 bits per heavy atom. The molecule has 0 radical (unpaired) electrons. The molecule has 1 aromatic carbocycles. The molecule has 6 nitrogen and oxygen atoms in total. The van der Waals surface area contributed by atoms with Crippen LogP contribution in [0.4, 0.5) is 5.69 Å². The van der Waals surface area contributed by atoms with E-state index in [1.54, 1.807) is 0 Å². The van der Waals surface area contributed by atoms with E-state index in [0.717, 1.165) is 67.8 Å². The topological polar surface area (TPSA) is 55.9 Å². The predicted molar refractivity (Wildman–Crippen MR) is 106 cm³/mol. The summed E-state index contributed by atoms with van der Waals surface area (Å²) in [5.74, 6) is 0.257. The Bertz CT molecular complexity index is 653. The van der Waals surface area contributed by atoms with E-state index in [1.165, 1.54) is 0 Å². The van der Waals surface area contributed by atoms with Gasteiger partial charge < -0.3 is 10.2 Å². The largest absolute Gasteiger partial charge is 0.342 e. The molecule has 2 amide bonds. The fourth-order valence-electron chi connectivity index (χ4n) is 3.49. The molecule has 0 bridgehead atoms. The standard InChI is InChI=1S/C19H27BrN4O2/c1-15-12-16(4-5-17(15)20)21-18(25)13-22-8-10-23(11-9-22)14-19(26)24-6-2-3-7-24/h4-5,12H,2-3,6-11,13-14H2,1H3,(H,21,25). The summed E-state index contributed by atoms with van der Waals surface area (Å²) in [6, 6.07) is 5.81. The monoisotopic (exact) mass is 422 g/mol. The highest BCUT2D eigenvalue weighted by atomic mass is 79.9. The average Bonchev–Trinajstić information content (AvgIpc) is 3.15. The molecule has 1 N–H and O–H groups in total. The third-order valence-corrected chi connectivity index (χ3v) is 5.98. The first-order chi connectivity index (χ1) is 12.5. The third kappa shape index (κ3) is 5.28. The number of rotatable bonds is 5. The second-order valence-corrected chi connectivity index (χ2v) is 8.01. The van der Waals surface area contributed by atoms with Crippen molar-refractivity contribution in [2.75, 3.05) is 57.7 Å². The highest BCUT2D eigenvalue weighted by Gasteiger charge is 2.24. The number of aryl methyl sites for hydroxylation is 1. The molecule has 1 aromatic rings. The first-order valence-corrected chi connectivity index (χ1v) is 10.1. The number of hydrogen-bond acceptors (Lipinski definition) is 4. The van der Waals surface area contributed by atoms with E-state index in [4.69, 9.17) is 0 Å². The van der Waals surface area contributed by atoms with Crippen LogP contribution in [0.25, 0.3) is 0 Å². The fourth-order valence-corrected chi connectivity index (χ4v) is 3.74. The van der Waals surface area contributed by atoms with Crippen molar-refractivity contribution in [1.82, 2.24) is 14.7 Å². The zero-order valence-corrected chi connectivity index (χ0v) is 16.9. The molecule has 0 unspecified atom stereocenters. The minimum absolute atomic E-state index is 0.00770. The first kappa shape index (κ1) is 19.3. The van der Waals surface area contributed by atoms with Gasteiger partial charge in [-0.05, 0) is 43.5 Å². The Morgan fingerprint density at radius 2 is 1.62 bits per heavy atom. The molecule has 2 aliphatic rings. The summed E-state index contributed by atoms with van der Waals surface area (Å²) in [5.41, 5.74) is 1.92. The van der Waals surface area contributed by atoms with Crippen LogP contribution in [-0.4, -0.2) is 78.9 Å². The van der Waals surface area contributed by atoms with E-state index in [0.29, 0.717) is 13.1 Å². The van der Waals surface area contributed by atoms with Gasteiger partial charge in [0.1, 0.15) is 0 Å². The van der Waals surface area contributed by atoms with Gasteiger partial charge in [-0.3, -0.25) is 19.4 Å². The molecular weight excluding hydrogens is 396 g/mol. The highest BCUT2D eigenvalue weighted by molar-refractivity contribution is 9.10. The zero-order chi connectivity index (χ0) is 18.5. The van der Waals surface area contributed by atoms with Gasteiger partial charge in [0.15, 0.2) is 0 Å². The number of anilines is 1. The number of carbonyl (C=O) groups is 2. The van der Waals surface area contributed by atoms with Gasteiger partial charge >= 0.3 is 0 Å². The lowest BCUT2D eigenvalue weighted by Gasteiger charge is -2.34. The number of likely N-dealkylation sites (tertiary alicyclic amines) is 1. The Hall–Kier alpha value is -1.44. The molecular formula is C19H27BrN4O2. The third-order valence-electron chi connectivity index (χ3n) is 5.09. The normalized spacial score (nSPS) is 18.9. The van der Waals surface area contributed by atoms with Gasteiger partial charge in [-0.25, -0.2) is 0 Å². The molecule has 2 heterocycles. The van der Waals surface area contributed by atoms with Crippen LogP contribution in [0.5, 0.6) is 0 Å². The number of piperazine rings is 1. The summed E-state index contributed by atoms with van der Waals surface area (Å²) in [4.78, 5) is 30.8.